The Bertz CT molecular complexity index is 891. The van der Waals surface area contributed by atoms with Gasteiger partial charge in [-0.05, 0) is 12.1 Å². The first kappa shape index (κ1) is 18.5. The van der Waals surface area contributed by atoms with E-state index < -0.39 is 10.0 Å². The van der Waals surface area contributed by atoms with Gasteiger partial charge < -0.3 is 15.0 Å². The fraction of sp³-hybridized carbons (Fsp3) is 0.400. The molecule has 140 valence electrons. The molecule has 26 heavy (non-hydrogen) atoms. The Morgan fingerprint density at radius 2 is 1.88 bits per heavy atom. The van der Waals surface area contributed by atoms with Crippen LogP contribution in [-0.4, -0.2) is 62.1 Å². The molecule has 1 N–H and O–H groups in total. The number of sulfonamides is 1. The summed E-state index contributed by atoms with van der Waals surface area (Å²) in [4.78, 5) is 13.1. The summed E-state index contributed by atoms with van der Waals surface area (Å²) in [6.45, 7) is 3.06. The highest BCUT2D eigenvalue weighted by atomic mass is 32.2. The van der Waals surface area contributed by atoms with Crippen LogP contribution in [0.5, 0.6) is 5.75 Å². The Morgan fingerprint density at radius 3 is 2.54 bits per heavy atom. The summed E-state index contributed by atoms with van der Waals surface area (Å²) in [6, 6.07) is 7.65. The van der Waals surface area contributed by atoms with Crippen molar-refractivity contribution in [3.8, 4) is 5.75 Å². The third-order valence-electron chi connectivity index (χ3n) is 3.91. The van der Waals surface area contributed by atoms with E-state index in [9.17, 15) is 13.2 Å². The number of hydrogen-bond acceptors (Lipinski definition) is 8. The van der Waals surface area contributed by atoms with E-state index in [1.807, 2.05) is 24.3 Å². The number of rotatable bonds is 5. The van der Waals surface area contributed by atoms with Crippen LogP contribution in [0.1, 0.15) is 6.92 Å². The molecule has 0 bridgehead atoms. The molecule has 11 heteroatoms. The third kappa shape index (κ3) is 3.79. The number of carbonyl (C=O) groups is 1. The SMILES string of the molecule is COc1ccccc1N1CCN(S(=O)(=O)c2nnc(NC(C)=O)s2)CC1. The second-order valence-corrected chi connectivity index (χ2v) is 8.71. The van der Waals surface area contributed by atoms with Crippen molar-refractivity contribution in [2.45, 2.75) is 11.3 Å². The maximum atomic E-state index is 12.7. The van der Waals surface area contributed by atoms with Crippen LogP contribution in [-0.2, 0) is 14.8 Å². The molecule has 2 aromatic rings. The largest absolute Gasteiger partial charge is 0.495 e. The second kappa shape index (κ2) is 7.56. The molecule has 0 unspecified atom stereocenters. The highest BCUT2D eigenvalue weighted by molar-refractivity contribution is 7.91. The van der Waals surface area contributed by atoms with E-state index in [1.165, 1.54) is 11.2 Å². The molecule has 9 nitrogen and oxygen atoms in total. The molecule has 1 amide bonds. The first-order valence-corrected chi connectivity index (χ1v) is 10.2. The lowest BCUT2D eigenvalue weighted by Gasteiger charge is -2.35. The molecule has 3 rings (SSSR count). The topological polar surface area (TPSA) is 105 Å². The van der Waals surface area contributed by atoms with Crippen LogP contribution >= 0.6 is 11.3 Å². The minimum absolute atomic E-state index is 0.119. The number of anilines is 2. The number of hydrogen-bond donors (Lipinski definition) is 1. The standard InChI is InChI=1S/C15H19N5O4S2/c1-11(21)16-14-17-18-15(25-14)26(22,23)20-9-7-19(8-10-20)12-5-3-4-6-13(12)24-2/h3-6H,7-10H2,1-2H3,(H,16,17,21). The minimum atomic E-state index is -3.73. The molecular formula is C15H19N5O4S2. The van der Waals surface area contributed by atoms with Gasteiger partial charge in [-0.15, -0.1) is 10.2 Å². The zero-order valence-electron chi connectivity index (χ0n) is 14.4. The average molecular weight is 397 g/mol. The van der Waals surface area contributed by atoms with E-state index in [2.05, 4.69) is 20.4 Å². The van der Waals surface area contributed by atoms with Crippen LogP contribution < -0.4 is 15.0 Å². The van der Waals surface area contributed by atoms with E-state index in [1.54, 1.807) is 7.11 Å². The molecule has 2 heterocycles. The third-order valence-corrected chi connectivity index (χ3v) is 7.00. The summed E-state index contributed by atoms with van der Waals surface area (Å²) in [6.07, 6.45) is 0. The molecule has 1 aromatic heterocycles. The summed E-state index contributed by atoms with van der Waals surface area (Å²) >= 11 is 0.848. The number of nitrogens with zero attached hydrogens (tertiary/aromatic N) is 4. The smallest absolute Gasteiger partial charge is 0.272 e. The van der Waals surface area contributed by atoms with Gasteiger partial charge in [-0.25, -0.2) is 8.42 Å². The normalized spacial score (nSPS) is 15.7. The van der Waals surface area contributed by atoms with Gasteiger partial charge in [-0.1, -0.05) is 23.5 Å². The molecule has 0 spiro atoms. The van der Waals surface area contributed by atoms with Crippen molar-refractivity contribution >= 4 is 38.1 Å². The Kier molecular flexibility index (Phi) is 5.39. The molecule has 0 atom stereocenters. The van der Waals surface area contributed by atoms with E-state index in [-0.39, 0.29) is 15.4 Å². The van der Waals surface area contributed by atoms with Gasteiger partial charge in [0.05, 0.1) is 12.8 Å². The van der Waals surface area contributed by atoms with Crippen molar-refractivity contribution < 1.29 is 17.9 Å². The number of aromatic nitrogens is 2. The summed E-state index contributed by atoms with van der Waals surface area (Å²) in [5.74, 6) is 0.434. The van der Waals surface area contributed by atoms with Crippen molar-refractivity contribution in [1.29, 1.82) is 0 Å². The lowest BCUT2D eigenvalue weighted by molar-refractivity contribution is -0.114. The first-order valence-electron chi connectivity index (χ1n) is 7.91. The van der Waals surface area contributed by atoms with E-state index in [0.29, 0.717) is 26.2 Å². The average Bonchev–Trinajstić information content (AvgIpc) is 3.10. The van der Waals surface area contributed by atoms with E-state index >= 15 is 0 Å². The van der Waals surface area contributed by atoms with Crippen molar-refractivity contribution in [1.82, 2.24) is 14.5 Å². The lowest BCUT2D eigenvalue weighted by Crippen LogP contribution is -2.48. The number of piperazine rings is 1. The summed E-state index contributed by atoms with van der Waals surface area (Å²) in [7, 11) is -2.12. The predicted octanol–water partition coefficient (Wildman–Crippen LogP) is 1.02. The fourth-order valence-electron chi connectivity index (χ4n) is 2.69. The number of nitrogens with one attached hydrogen (secondary N) is 1. The number of amides is 1. The van der Waals surface area contributed by atoms with Gasteiger partial charge in [0.1, 0.15) is 5.75 Å². The first-order chi connectivity index (χ1) is 12.4. The summed E-state index contributed by atoms with van der Waals surface area (Å²) < 4.78 is 32.1. The zero-order valence-corrected chi connectivity index (χ0v) is 16.0. The molecule has 1 fully saturated rings. The van der Waals surface area contributed by atoms with Crippen LogP contribution in [0.15, 0.2) is 28.6 Å². The van der Waals surface area contributed by atoms with Crippen LogP contribution in [0.2, 0.25) is 0 Å². The Balaban J connectivity index is 1.70. The fourth-order valence-corrected chi connectivity index (χ4v) is 5.19. The monoisotopic (exact) mass is 397 g/mol. The van der Waals surface area contributed by atoms with Crippen LogP contribution in [0.25, 0.3) is 0 Å². The number of carbonyl (C=O) groups excluding carboxylic acids is 1. The van der Waals surface area contributed by atoms with Crippen LogP contribution in [0.4, 0.5) is 10.8 Å². The van der Waals surface area contributed by atoms with Gasteiger partial charge in [-0.2, -0.15) is 4.31 Å². The van der Waals surface area contributed by atoms with E-state index in [4.69, 9.17) is 4.74 Å². The van der Waals surface area contributed by atoms with Crippen LogP contribution in [0.3, 0.4) is 0 Å². The van der Waals surface area contributed by atoms with Gasteiger partial charge >= 0.3 is 0 Å². The van der Waals surface area contributed by atoms with Gasteiger partial charge in [0, 0.05) is 33.1 Å². The van der Waals surface area contributed by atoms with Crippen molar-refractivity contribution in [2.75, 3.05) is 43.5 Å². The second-order valence-electron chi connectivity index (χ2n) is 5.62. The van der Waals surface area contributed by atoms with Crippen molar-refractivity contribution in [3.63, 3.8) is 0 Å². The molecule has 0 radical (unpaired) electrons. The molecule has 1 saturated heterocycles. The molecular weight excluding hydrogens is 378 g/mol. The van der Waals surface area contributed by atoms with Crippen molar-refractivity contribution in [2.24, 2.45) is 0 Å². The van der Waals surface area contributed by atoms with Gasteiger partial charge in [0.25, 0.3) is 10.0 Å². The predicted molar refractivity (Wildman–Crippen MR) is 98.2 cm³/mol. The zero-order chi connectivity index (χ0) is 18.7. The number of benzene rings is 1. The van der Waals surface area contributed by atoms with Crippen LogP contribution in [0, 0.1) is 0 Å². The van der Waals surface area contributed by atoms with Gasteiger partial charge in [-0.3, -0.25) is 4.79 Å². The summed E-state index contributed by atoms with van der Waals surface area (Å²) in [5.41, 5.74) is 0.941. The Labute approximate surface area is 155 Å². The summed E-state index contributed by atoms with van der Waals surface area (Å²) in [5, 5.41) is 10.0. The molecule has 1 aliphatic rings. The highest BCUT2D eigenvalue weighted by Gasteiger charge is 2.32. The maximum Gasteiger partial charge on any atom is 0.272 e. The molecule has 0 aliphatic carbocycles. The van der Waals surface area contributed by atoms with E-state index in [0.717, 1.165) is 22.8 Å². The van der Waals surface area contributed by atoms with Crippen molar-refractivity contribution in [3.05, 3.63) is 24.3 Å². The number of ether oxygens (including phenoxy) is 1. The molecule has 1 aliphatic heterocycles. The minimum Gasteiger partial charge on any atom is -0.495 e. The molecule has 0 saturated carbocycles. The Morgan fingerprint density at radius 1 is 1.19 bits per heavy atom. The van der Waals surface area contributed by atoms with Gasteiger partial charge in [0.15, 0.2) is 0 Å². The number of para-hydroxylation sites is 2. The lowest BCUT2D eigenvalue weighted by atomic mass is 10.2. The molecule has 1 aromatic carbocycles. The number of methoxy groups -OCH3 is 1. The van der Waals surface area contributed by atoms with Gasteiger partial charge in [0.2, 0.25) is 15.4 Å². The quantitative estimate of drug-likeness (QED) is 0.751. The Hall–Kier alpha value is -2.24. The maximum absolute atomic E-state index is 12.7. The highest BCUT2D eigenvalue weighted by Crippen LogP contribution is 2.30.